The van der Waals surface area contributed by atoms with E-state index in [1.54, 1.807) is 19.2 Å². The SMILES string of the molecule is CNS(=O)(=O)c1cccc(CNC(=O)NCCc2ccccc2OC)c1. The van der Waals surface area contributed by atoms with E-state index >= 15 is 0 Å². The molecule has 0 fully saturated rings. The Morgan fingerprint density at radius 2 is 1.85 bits per heavy atom. The van der Waals surface area contributed by atoms with E-state index in [1.807, 2.05) is 24.3 Å². The minimum atomic E-state index is -3.50. The highest BCUT2D eigenvalue weighted by Crippen LogP contribution is 2.17. The van der Waals surface area contributed by atoms with Crippen LogP contribution in [0.1, 0.15) is 11.1 Å². The summed E-state index contributed by atoms with van der Waals surface area (Å²) in [7, 11) is -0.532. The van der Waals surface area contributed by atoms with Crippen LogP contribution in [0.4, 0.5) is 4.79 Å². The smallest absolute Gasteiger partial charge is 0.315 e. The van der Waals surface area contributed by atoms with Crippen molar-refractivity contribution in [2.75, 3.05) is 20.7 Å². The topological polar surface area (TPSA) is 96.5 Å². The molecule has 0 heterocycles. The number of ether oxygens (including phenoxy) is 1. The van der Waals surface area contributed by atoms with Crippen LogP contribution < -0.4 is 20.1 Å². The first-order chi connectivity index (χ1) is 12.5. The summed E-state index contributed by atoms with van der Waals surface area (Å²) in [6.07, 6.45) is 0.646. The molecule has 140 valence electrons. The van der Waals surface area contributed by atoms with Gasteiger partial charge in [-0.25, -0.2) is 17.9 Å². The van der Waals surface area contributed by atoms with Gasteiger partial charge in [-0.15, -0.1) is 0 Å². The van der Waals surface area contributed by atoms with E-state index in [0.29, 0.717) is 18.5 Å². The third kappa shape index (κ3) is 5.47. The predicted octanol–water partition coefficient (Wildman–Crippen LogP) is 1.65. The molecule has 8 heteroatoms. The van der Waals surface area contributed by atoms with Gasteiger partial charge >= 0.3 is 6.03 Å². The first-order valence-corrected chi connectivity index (χ1v) is 9.60. The molecule has 2 aromatic rings. The van der Waals surface area contributed by atoms with Crippen LogP contribution in [0.25, 0.3) is 0 Å². The molecule has 2 rings (SSSR count). The second kappa shape index (κ2) is 9.21. The largest absolute Gasteiger partial charge is 0.496 e. The van der Waals surface area contributed by atoms with Gasteiger partial charge in [0, 0.05) is 13.1 Å². The number of urea groups is 1. The summed E-state index contributed by atoms with van der Waals surface area (Å²) in [5, 5.41) is 5.49. The Morgan fingerprint density at radius 3 is 2.58 bits per heavy atom. The van der Waals surface area contributed by atoms with Gasteiger partial charge in [-0.2, -0.15) is 0 Å². The van der Waals surface area contributed by atoms with Crippen LogP contribution in [-0.4, -0.2) is 35.2 Å². The number of benzene rings is 2. The number of hydrogen-bond acceptors (Lipinski definition) is 4. The molecule has 0 radical (unpaired) electrons. The average molecular weight is 377 g/mol. The van der Waals surface area contributed by atoms with Crippen LogP contribution >= 0.6 is 0 Å². The lowest BCUT2D eigenvalue weighted by atomic mass is 10.1. The van der Waals surface area contributed by atoms with Crippen LogP contribution in [0.2, 0.25) is 0 Å². The Balaban J connectivity index is 1.83. The highest BCUT2D eigenvalue weighted by atomic mass is 32.2. The molecule has 0 bridgehead atoms. The average Bonchev–Trinajstić information content (AvgIpc) is 2.67. The lowest BCUT2D eigenvalue weighted by Crippen LogP contribution is -2.36. The van der Waals surface area contributed by atoms with Crippen molar-refractivity contribution in [1.82, 2.24) is 15.4 Å². The van der Waals surface area contributed by atoms with Gasteiger partial charge in [-0.05, 0) is 42.8 Å². The molecule has 0 aliphatic carbocycles. The van der Waals surface area contributed by atoms with Gasteiger partial charge in [0.2, 0.25) is 10.0 Å². The number of nitrogens with one attached hydrogen (secondary N) is 3. The standard InChI is InChI=1S/C18H23N3O4S/c1-19-26(23,24)16-8-5-6-14(12-16)13-21-18(22)20-11-10-15-7-3-4-9-17(15)25-2/h3-9,12,19H,10-11,13H2,1-2H3,(H2,20,21,22). The van der Waals surface area contributed by atoms with Crippen molar-refractivity contribution in [3.05, 3.63) is 59.7 Å². The molecule has 0 saturated heterocycles. The van der Waals surface area contributed by atoms with Crippen molar-refractivity contribution in [2.24, 2.45) is 0 Å². The maximum Gasteiger partial charge on any atom is 0.315 e. The summed E-state index contributed by atoms with van der Waals surface area (Å²) in [5.74, 6) is 0.789. The van der Waals surface area contributed by atoms with Crippen LogP contribution in [-0.2, 0) is 23.0 Å². The molecule has 0 aliphatic rings. The lowest BCUT2D eigenvalue weighted by Gasteiger charge is -2.10. The van der Waals surface area contributed by atoms with Gasteiger partial charge in [-0.3, -0.25) is 0 Å². The molecular formula is C18H23N3O4S. The number of para-hydroxylation sites is 1. The number of sulfonamides is 1. The molecule has 0 aliphatic heterocycles. The Morgan fingerprint density at radius 1 is 1.08 bits per heavy atom. The zero-order chi connectivity index (χ0) is 19.0. The Labute approximate surface area is 153 Å². The Kier molecular flexibility index (Phi) is 6.99. The maximum atomic E-state index is 11.9. The maximum absolute atomic E-state index is 11.9. The summed E-state index contributed by atoms with van der Waals surface area (Å²) in [6.45, 7) is 0.688. The van der Waals surface area contributed by atoms with Crippen LogP contribution in [0.5, 0.6) is 5.75 Å². The van der Waals surface area contributed by atoms with Crippen LogP contribution in [0.15, 0.2) is 53.4 Å². The quantitative estimate of drug-likeness (QED) is 0.652. The zero-order valence-electron chi connectivity index (χ0n) is 14.8. The summed E-state index contributed by atoms with van der Waals surface area (Å²) < 4.78 is 31.1. The molecule has 0 aromatic heterocycles. The molecular weight excluding hydrogens is 354 g/mol. The van der Waals surface area contributed by atoms with Gasteiger partial charge in [0.25, 0.3) is 0 Å². The number of carbonyl (C=O) groups is 1. The normalized spacial score (nSPS) is 11.0. The first-order valence-electron chi connectivity index (χ1n) is 8.12. The van der Waals surface area contributed by atoms with Crippen LogP contribution in [0.3, 0.4) is 0 Å². The van der Waals surface area contributed by atoms with E-state index in [1.165, 1.54) is 19.2 Å². The van der Waals surface area contributed by atoms with Crippen molar-refractivity contribution in [3.8, 4) is 5.75 Å². The monoisotopic (exact) mass is 377 g/mol. The third-order valence-corrected chi connectivity index (χ3v) is 5.21. The Hall–Kier alpha value is -2.58. The van der Waals surface area contributed by atoms with E-state index in [2.05, 4.69) is 15.4 Å². The van der Waals surface area contributed by atoms with E-state index in [4.69, 9.17) is 4.74 Å². The summed E-state index contributed by atoms with van der Waals surface area (Å²) >= 11 is 0. The number of amides is 2. The van der Waals surface area contributed by atoms with Gasteiger partial charge in [0.15, 0.2) is 0 Å². The van der Waals surface area contributed by atoms with Crippen molar-refractivity contribution >= 4 is 16.1 Å². The number of methoxy groups -OCH3 is 1. The second-order valence-corrected chi connectivity index (χ2v) is 7.41. The predicted molar refractivity (Wildman–Crippen MR) is 99.6 cm³/mol. The Bertz CT molecular complexity index is 853. The summed E-state index contributed by atoms with van der Waals surface area (Å²) in [6, 6.07) is 13.7. The number of hydrogen-bond donors (Lipinski definition) is 3. The molecule has 0 atom stereocenters. The van der Waals surface area contributed by atoms with Crippen LogP contribution in [0, 0.1) is 0 Å². The van der Waals surface area contributed by atoms with Gasteiger partial charge in [-0.1, -0.05) is 30.3 Å². The number of carbonyl (C=O) groups excluding carboxylic acids is 1. The fraction of sp³-hybridized carbons (Fsp3) is 0.278. The van der Waals surface area contributed by atoms with Crippen molar-refractivity contribution in [1.29, 1.82) is 0 Å². The van der Waals surface area contributed by atoms with E-state index in [9.17, 15) is 13.2 Å². The number of rotatable bonds is 8. The minimum Gasteiger partial charge on any atom is -0.496 e. The first kappa shape index (κ1) is 19.7. The van der Waals surface area contributed by atoms with Gasteiger partial charge in [0.05, 0.1) is 12.0 Å². The molecule has 7 nitrogen and oxygen atoms in total. The minimum absolute atomic E-state index is 0.163. The van der Waals surface area contributed by atoms with E-state index in [0.717, 1.165) is 11.3 Å². The van der Waals surface area contributed by atoms with Gasteiger partial charge < -0.3 is 15.4 Å². The van der Waals surface area contributed by atoms with Crippen molar-refractivity contribution in [2.45, 2.75) is 17.9 Å². The molecule has 2 amide bonds. The summed E-state index contributed by atoms with van der Waals surface area (Å²) in [5.41, 5.74) is 1.71. The second-order valence-electron chi connectivity index (χ2n) is 5.53. The van der Waals surface area contributed by atoms with Crippen molar-refractivity contribution < 1.29 is 17.9 Å². The zero-order valence-corrected chi connectivity index (χ0v) is 15.6. The highest BCUT2D eigenvalue weighted by molar-refractivity contribution is 7.89. The van der Waals surface area contributed by atoms with E-state index < -0.39 is 10.0 Å². The molecule has 26 heavy (non-hydrogen) atoms. The van der Waals surface area contributed by atoms with E-state index in [-0.39, 0.29) is 17.5 Å². The third-order valence-electron chi connectivity index (χ3n) is 3.80. The fourth-order valence-electron chi connectivity index (χ4n) is 2.41. The molecule has 0 spiro atoms. The van der Waals surface area contributed by atoms with Crippen molar-refractivity contribution in [3.63, 3.8) is 0 Å². The van der Waals surface area contributed by atoms with Gasteiger partial charge in [0.1, 0.15) is 5.75 Å². The molecule has 0 unspecified atom stereocenters. The molecule has 0 saturated carbocycles. The fourth-order valence-corrected chi connectivity index (χ4v) is 3.21. The highest BCUT2D eigenvalue weighted by Gasteiger charge is 2.11. The molecule has 3 N–H and O–H groups in total. The molecule has 2 aromatic carbocycles. The summed E-state index contributed by atoms with van der Waals surface area (Å²) in [4.78, 5) is 12.1. The lowest BCUT2D eigenvalue weighted by molar-refractivity contribution is 0.240.